The van der Waals surface area contributed by atoms with Crippen molar-refractivity contribution in [1.82, 2.24) is 9.88 Å². The minimum Gasteiger partial charge on any atom is -0.494 e. The van der Waals surface area contributed by atoms with Crippen molar-refractivity contribution < 1.29 is 19.4 Å². The van der Waals surface area contributed by atoms with Gasteiger partial charge in [-0.15, -0.1) is 11.3 Å². The highest BCUT2D eigenvalue weighted by molar-refractivity contribution is 7.13. The summed E-state index contributed by atoms with van der Waals surface area (Å²) in [6.45, 7) is 4.33. The third-order valence-electron chi connectivity index (χ3n) is 3.69. The van der Waals surface area contributed by atoms with Crippen LogP contribution in [0.1, 0.15) is 19.5 Å². The number of rotatable bonds is 8. The minimum absolute atomic E-state index is 0.142. The van der Waals surface area contributed by atoms with Gasteiger partial charge in [0.15, 0.2) is 0 Å². The number of ether oxygens (including phenoxy) is 1. The number of hydrogen-bond donors (Lipinski definition) is 1. The summed E-state index contributed by atoms with van der Waals surface area (Å²) < 4.78 is 5.42. The van der Waals surface area contributed by atoms with E-state index in [-0.39, 0.29) is 18.9 Å². The molecule has 1 heterocycles. The number of carboxylic acid groups (broad SMARTS) is 1. The molecule has 2 aromatic rings. The van der Waals surface area contributed by atoms with Gasteiger partial charge in [0.25, 0.3) is 0 Å². The van der Waals surface area contributed by atoms with Crippen LogP contribution in [0, 0.1) is 5.92 Å². The first-order chi connectivity index (χ1) is 11.9. The van der Waals surface area contributed by atoms with Gasteiger partial charge in [-0.25, -0.2) is 4.98 Å². The molecule has 7 heteroatoms. The van der Waals surface area contributed by atoms with Gasteiger partial charge in [-0.3, -0.25) is 9.59 Å². The number of carbonyl (C=O) groups excluding carboxylic acids is 1. The van der Waals surface area contributed by atoms with E-state index in [1.54, 1.807) is 14.0 Å². The first-order valence-electron chi connectivity index (χ1n) is 8.05. The average Bonchev–Trinajstić information content (AvgIpc) is 3.04. The zero-order chi connectivity index (χ0) is 18.4. The molecule has 1 amide bonds. The second-order valence-corrected chi connectivity index (χ2v) is 6.65. The van der Waals surface area contributed by atoms with E-state index in [4.69, 9.17) is 9.84 Å². The van der Waals surface area contributed by atoms with Gasteiger partial charge in [0, 0.05) is 24.5 Å². The maximum atomic E-state index is 12.2. The van der Waals surface area contributed by atoms with Crippen LogP contribution in [0.15, 0.2) is 29.6 Å². The van der Waals surface area contributed by atoms with Gasteiger partial charge >= 0.3 is 5.97 Å². The number of benzene rings is 1. The molecule has 0 spiro atoms. The summed E-state index contributed by atoms with van der Waals surface area (Å²) in [5.41, 5.74) is 1.66. The van der Waals surface area contributed by atoms with Crippen LogP contribution in [-0.4, -0.2) is 47.1 Å². The maximum absolute atomic E-state index is 12.2. The van der Waals surface area contributed by atoms with Crippen molar-refractivity contribution in [2.24, 2.45) is 5.92 Å². The molecule has 134 valence electrons. The molecule has 1 unspecified atom stereocenters. The van der Waals surface area contributed by atoms with Crippen LogP contribution in [0.4, 0.5) is 0 Å². The zero-order valence-corrected chi connectivity index (χ0v) is 15.4. The van der Waals surface area contributed by atoms with Gasteiger partial charge in [-0.1, -0.05) is 6.92 Å². The third-order valence-corrected chi connectivity index (χ3v) is 4.63. The molecule has 25 heavy (non-hydrogen) atoms. The molecule has 0 saturated heterocycles. The summed E-state index contributed by atoms with van der Waals surface area (Å²) in [5.74, 6) is -0.834. The molecule has 1 N–H and O–H groups in total. The number of aliphatic carboxylic acids is 1. The number of thiazole rings is 1. The van der Waals surface area contributed by atoms with Crippen molar-refractivity contribution >= 4 is 23.2 Å². The van der Waals surface area contributed by atoms with Crippen LogP contribution >= 0.6 is 11.3 Å². The monoisotopic (exact) mass is 362 g/mol. The molecule has 0 aliphatic rings. The van der Waals surface area contributed by atoms with Crippen LogP contribution in [0.3, 0.4) is 0 Å². The van der Waals surface area contributed by atoms with Crippen LogP contribution in [0.5, 0.6) is 5.75 Å². The Bertz CT molecular complexity index is 727. The third kappa shape index (κ3) is 5.29. The molecule has 1 aromatic carbocycles. The summed E-state index contributed by atoms with van der Waals surface area (Å²) in [7, 11) is 1.61. The normalized spacial score (nSPS) is 11.8. The number of hydrogen-bond acceptors (Lipinski definition) is 5. The largest absolute Gasteiger partial charge is 0.494 e. The predicted molar refractivity (Wildman–Crippen MR) is 96.9 cm³/mol. The van der Waals surface area contributed by atoms with Gasteiger partial charge in [-0.2, -0.15) is 0 Å². The molecule has 0 radical (unpaired) electrons. The number of aromatic nitrogens is 1. The van der Waals surface area contributed by atoms with E-state index in [1.807, 2.05) is 36.6 Å². The van der Waals surface area contributed by atoms with Gasteiger partial charge in [0.05, 0.1) is 24.6 Å². The lowest BCUT2D eigenvalue weighted by atomic mass is 10.1. The van der Waals surface area contributed by atoms with Gasteiger partial charge in [0.1, 0.15) is 10.8 Å². The lowest BCUT2D eigenvalue weighted by molar-refractivity contribution is -0.142. The van der Waals surface area contributed by atoms with Gasteiger partial charge in [0.2, 0.25) is 5.91 Å². The quantitative estimate of drug-likeness (QED) is 0.781. The molecule has 6 nitrogen and oxygen atoms in total. The average molecular weight is 362 g/mol. The number of carbonyl (C=O) groups is 2. The fourth-order valence-corrected chi connectivity index (χ4v) is 3.09. The SMILES string of the molecule is CCOc1ccc(-c2nc(CC(=O)N(C)CC(C)C(=O)O)cs2)cc1. The first-order valence-corrected chi connectivity index (χ1v) is 8.93. The molecule has 2 rings (SSSR count). The van der Waals surface area contributed by atoms with Gasteiger partial charge in [-0.05, 0) is 31.2 Å². The number of carboxylic acids is 1. The van der Waals surface area contributed by atoms with Crippen molar-refractivity contribution in [3.05, 3.63) is 35.3 Å². The van der Waals surface area contributed by atoms with E-state index >= 15 is 0 Å². The lowest BCUT2D eigenvalue weighted by Crippen LogP contribution is -2.34. The Morgan fingerprint density at radius 1 is 1.32 bits per heavy atom. The second kappa shape index (κ2) is 8.62. The Kier molecular flexibility index (Phi) is 6.52. The molecule has 1 aromatic heterocycles. The number of likely N-dealkylation sites (N-methyl/N-ethyl adjacent to an activating group) is 1. The van der Waals surface area contributed by atoms with Crippen molar-refractivity contribution in [1.29, 1.82) is 0 Å². The molecule has 0 fully saturated rings. The zero-order valence-electron chi connectivity index (χ0n) is 14.6. The van der Waals surface area contributed by atoms with E-state index in [0.717, 1.165) is 16.3 Å². The highest BCUT2D eigenvalue weighted by Gasteiger charge is 2.18. The number of amides is 1. The molecule has 1 atom stereocenters. The lowest BCUT2D eigenvalue weighted by Gasteiger charge is -2.18. The molecule has 0 bridgehead atoms. The molecule has 0 aliphatic carbocycles. The minimum atomic E-state index is -0.911. The standard InChI is InChI=1S/C18H22N2O4S/c1-4-24-15-7-5-13(6-8-15)17-19-14(11-25-17)9-16(21)20(3)10-12(2)18(22)23/h5-8,11-12H,4,9-10H2,1-3H3,(H,22,23). The van der Waals surface area contributed by atoms with Gasteiger partial charge < -0.3 is 14.7 Å². The highest BCUT2D eigenvalue weighted by atomic mass is 32.1. The summed E-state index contributed by atoms with van der Waals surface area (Å²) in [4.78, 5) is 29.0. The Morgan fingerprint density at radius 3 is 2.60 bits per heavy atom. The Balaban J connectivity index is 1.98. The van der Waals surface area contributed by atoms with Crippen LogP contribution in [0.2, 0.25) is 0 Å². The van der Waals surface area contributed by atoms with Crippen molar-refractivity contribution in [2.75, 3.05) is 20.2 Å². The van der Waals surface area contributed by atoms with Crippen LogP contribution < -0.4 is 4.74 Å². The Labute approximate surface area is 151 Å². The first kappa shape index (κ1) is 18.9. The molecular weight excluding hydrogens is 340 g/mol. The summed E-state index contributed by atoms with van der Waals surface area (Å²) >= 11 is 1.48. The second-order valence-electron chi connectivity index (χ2n) is 5.79. The maximum Gasteiger partial charge on any atom is 0.308 e. The van der Waals surface area contributed by atoms with Crippen molar-refractivity contribution in [3.63, 3.8) is 0 Å². The topological polar surface area (TPSA) is 79.7 Å². The summed E-state index contributed by atoms with van der Waals surface area (Å²) in [6.07, 6.45) is 0.163. The summed E-state index contributed by atoms with van der Waals surface area (Å²) in [5, 5.41) is 11.6. The van der Waals surface area contributed by atoms with E-state index in [9.17, 15) is 9.59 Å². The van der Waals surface area contributed by atoms with Crippen LogP contribution in [0.25, 0.3) is 10.6 Å². The Morgan fingerprint density at radius 2 is 2.00 bits per heavy atom. The van der Waals surface area contributed by atoms with E-state index in [0.29, 0.717) is 12.3 Å². The highest BCUT2D eigenvalue weighted by Crippen LogP contribution is 2.26. The van der Waals surface area contributed by atoms with E-state index in [1.165, 1.54) is 16.2 Å². The molecule has 0 saturated carbocycles. The molecular formula is C18H22N2O4S. The van der Waals surface area contributed by atoms with E-state index in [2.05, 4.69) is 4.98 Å². The van der Waals surface area contributed by atoms with Crippen LogP contribution in [-0.2, 0) is 16.0 Å². The van der Waals surface area contributed by atoms with E-state index < -0.39 is 11.9 Å². The Hall–Kier alpha value is -2.41. The van der Waals surface area contributed by atoms with Crippen molar-refractivity contribution in [3.8, 4) is 16.3 Å². The number of nitrogens with zero attached hydrogens (tertiary/aromatic N) is 2. The fraction of sp³-hybridized carbons (Fsp3) is 0.389. The molecule has 0 aliphatic heterocycles. The predicted octanol–water partition coefficient (Wildman–Crippen LogP) is 2.93. The van der Waals surface area contributed by atoms with Crippen molar-refractivity contribution in [2.45, 2.75) is 20.3 Å². The fourth-order valence-electron chi connectivity index (χ4n) is 2.26. The smallest absolute Gasteiger partial charge is 0.308 e. The summed E-state index contributed by atoms with van der Waals surface area (Å²) in [6, 6.07) is 7.67.